The fraction of sp³-hybridized carbons (Fsp3) is 0.298. The second kappa shape index (κ2) is 30.6. The Morgan fingerprint density at radius 3 is 1.50 bits per heavy atom. The molecule has 11 N–H and O–H groups in total. The topological polar surface area (TPSA) is 332 Å². The Balaban J connectivity index is 0.000000190. The van der Waals surface area contributed by atoms with Crippen LogP contribution < -0.4 is 53.6 Å². The summed E-state index contributed by atoms with van der Waals surface area (Å²) >= 11 is 16.9. The number of fused-ring (bicyclic) bond motifs is 2. The zero-order chi connectivity index (χ0) is 53.6. The third-order valence-electron chi connectivity index (χ3n) is 11.7. The molecule has 0 aliphatic carbocycles. The lowest BCUT2D eigenvalue weighted by Crippen LogP contribution is -3.00. The van der Waals surface area contributed by atoms with Gasteiger partial charge in [0.25, 0.3) is 20.4 Å². The van der Waals surface area contributed by atoms with Crippen molar-refractivity contribution < 1.29 is 39.4 Å². The van der Waals surface area contributed by atoms with Crippen LogP contribution in [-0.4, -0.2) is 112 Å². The largest absolute Gasteiger partial charge is 1.00 e. The number of nitrogens with zero attached hydrogens (tertiary/aromatic N) is 11. The molecule has 0 bridgehead atoms. The second-order valence-electron chi connectivity index (χ2n) is 16.8. The van der Waals surface area contributed by atoms with Crippen LogP contribution in [0.25, 0.3) is 33.4 Å². The fourth-order valence-electron chi connectivity index (χ4n) is 7.93. The van der Waals surface area contributed by atoms with Crippen molar-refractivity contribution in [1.82, 2.24) is 58.9 Å². The number of hydrogen-bond donors (Lipinski definition) is 7. The number of carbonyl (C=O) groups excluding carboxylic acids is 1. The Morgan fingerprint density at radius 1 is 0.605 bits per heavy atom. The molecule has 76 heavy (non-hydrogen) atoms. The van der Waals surface area contributed by atoms with E-state index in [1.807, 2.05) is 102 Å². The van der Waals surface area contributed by atoms with Gasteiger partial charge in [0.05, 0.1) is 53.2 Å². The zero-order valence-corrected chi connectivity index (χ0v) is 45.5. The van der Waals surface area contributed by atoms with E-state index in [1.54, 1.807) is 17.2 Å². The Labute approximate surface area is 461 Å². The van der Waals surface area contributed by atoms with E-state index < -0.39 is 20.4 Å². The highest BCUT2D eigenvalue weighted by Crippen LogP contribution is 2.29. The minimum Gasteiger partial charge on any atom is -1.00 e. The lowest BCUT2D eigenvalue weighted by atomic mass is 9.93. The molecule has 406 valence electrons. The molecule has 7 heterocycles. The maximum absolute atomic E-state index is 11.0. The first-order valence-corrected chi connectivity index (χ1v) is 27.7. The number of aldehydes is 1. The predicted molar refractivity (Wildman–Crippen MR) is 291 cm³/mol. The van der Waals surface area contributed by atoms with E-state index in [-0.39, 0.29) is 28.3 Å². The standard InChI is InChI=1S/C18H23N7O2S.C11H7ClN4.C7H17N3O2S.C6H8N2.C5H2Cl2N2O.ClH/c19-28(26,27)23-9-6-14-7-10-24(11-8-14)17-16-12-22-25(18(16)21-13-20-17)15-4-2-1-3-5-15;12-10-9-6-15-16(11(9)14-7-13-10)8-4-2-1-3-5-8;8-13(11,12)10-6-3-7-1-4-9-5-2-7;7-8-6-4-2-1-3-5-6;6-4-3(1-10)5(7)9-2-8-4;/h1-5,12-14,23H,6-11H2,(H2,19,26,27);1-7H;7,9-10H,1-6H2,(H2,8,11,12);1-5,8H,7H2;1-2H;1H. The monoisotopic (exact) mass is 1160 g/mol. The number of para-hydroxylation sites is 3. The molecule has 2 aliphatic heterocycles. The van der Waals surface area contributed by atoms with Crippen molar-refractivity contribution in [3.63, 3.8) is 0 Å². The summed E-state index contributed by atoms with van der Waals surface area (Å²) in [5, 5.41) is 23.1. The van der Waals surface area contributed by atoms with Gasteiger partial charge in [-0.25, -0.2) is 59.0 Å². The predicted octanol–water partition coefficient (Wildman–Crippen LogP) is 1.40. The molecule has 29 heteroatoms. The lowest BCUT2D eigenvalue weighted by molar-refractivity contribution is -0.664. The number of hydrogen-bond acceptors (Lipinski definition) is 16. The molecule has 2 aliphatic rings. The number of aromatic nitrogens is 10. The highest BCUT2D eigenvalue weighted by Gasteiger charge is 2.23. The van der Waals surface area contributed by atoms with E-state index in [2.05, 4.69) is 65.2 Å². The molecular weight excluding hydrogens is 1100 g/mol. The number of benzene rings is 3. The zero-order valence-electron chi connectivity index (χ0n) is 40.9. The number of hydrazine groups is 1. The summed E-state index contributed by atoms with van der Waals surface area (Å²) in [6.45, 7) is 4.92. The summed E-state index contributed by atoms with van der Waals surface area (Å²) in [5.74, 6) is 7.13. The van der Waals surface area contributed by atoms with Crippen LogP contribution in [0.1, 0.15) is 48.9 Å². The van der Waals surface area contributed by atoms with Crippen LogP contribution in [0, 0.1) is 11.8 Å². The van der Waals surface area contributed by atoms with Crippen LogP contribution in [0.5, 0.6) is 0 Å². The first-order valence-electron chi connectivity index (χ1n) is 23.5. The molecule has 0 unspecified atom stereocenters. The van der Waals surface area contributed by atoms with E-state index in [4.69, 9.17) is 50.9 Å². The molecule has 0 saturated carbocycles. The van der Waals surface area contributed by atoms with Gasteiger partial charge in [0.15, 0.2) is 17.6 Å². The van der Waals surface area contributed by atoms with E-state index in [1.165, 1.54) is 38.6 Å². The summed E-state index contributed by atoms with van der Waals surface area (Å²) in [6, 6.07) is 29.3. The highest BCUT2D eigenvalue weighted by molar-refractivity contribution is 7.87. The van der Waals surface area contributed by atoms with Gasteiger partial charge < -0.3 is 28.0 Å². The number of nitrogens with one attached hydrogen (secondary N) is 3. The Bertz CT molecular complexity index is 3230. The number of nitrogen functional groups attached to an aromatic ring is 1. The third-order valence-corrected chi connectivity index (χ3v) is 13.8. The molecule has 0 atom stereocenters. The Morgan fingerprint density at radius 2 is 1.04 bits per heavy atom. The number of piperidine rings is 2. The molecule has 23 nitrogen and oxygen atoms in total. The summed E-state index contributed by atoms with van der Waals surface area (Å²) in [7, 11) is -7.09. The molecule has 0 radical (unpaired) electrons. The summed E-state index contributed by atoms with van der Waals surface area (Å²) < 4.78 is 51.3. The van der Waals surface area contributed by atoms with E-state index >= 15 is 0 Å². The maximum Gasteiger partial charge on any atom is 0.274 e. The van der Waals surface area contributed by atoms with Crippen LogP contribution in [-0.2, 0) is 20.4 Å². The molecule has 10 rings (SSSR count). The smallest absolute Gasteiger partial charge is 0.274 e. The van der Waals surface area contributed by atoms with Crippen molar-refractivity contribution >= 4 is 95.1 Å². The number of anilines is 2. The Hall–Kier alpha value is -6.07. The molecule has 0 spiro atoms. The molecule has 0 amide bonds. The van der Waals surface area contributed by atoms with Crippen molar-refractivity contribution in [1.29, 1.82) is 0 Å². The lowest BCUT2D eigenvalue weighted by Gasteiger charge is -2.33. The van der Waals surface area contributed by atoms with Gasteiger partial charge in [0.1, 0.15) is 40.3 Å². The highest BCUT2D eigenvalue weighted by atomic mass is 35.5. The SMILES string of the molecule is Clc1ncnc2c1cnn2-c1ccccc1.NNc1ccccc1.NS(=O)(=O)NCCC1CCN(c2ncnc3c2cnn3-c2ccccc2)CC1.NS(=O)(=O)NCCC1CC[NH2+]CC1.O=Cc1c(Cl)ncnc1Cl.[Cl-]. The minimum atomic E-state index is -3.61. The van der Waals surface area contributed by atoms with Gasteiger partial charge in [-0.05, 0) is 86.8 Å². The number of rotatable bonds is 13. The number of halogens is 4. The molecule has 8 aromatic rings. The van der Waals surface area contributed by atoms with Gasteiger partial charge in [-0.1, -0.05) is 89.4 Å². The molecule has 5 aromatic heterocycles. The van der Waals surface area contributed by atoms with Crippen LogP contribution in [0.2, 0.25) is 15.5 Å². The maximum atomic E-state index is 11.0. The van der Waals surface area contributed by atoms with E-state index in [0.29, 0.717) is 42.0 Å². The third kappa shape index (κ3) is 19.2. The quantitative estimate of drug-likeness (QED) is 0.0371. The summed E-state index contributed by atoms with van der Waals surface area (Å²) in [6.07, 6.45) is 14.2. The van der Waals surface area contributed by atoms with E-state index in [9.17, 15) is 21.6 Å². The average Bonchev–Trinajstić information content (AvgIpc) is 4.07. The number of quaternary nitrogens is 1. The van der Waals surface area contributed by atoms with Crippen LogP contribution >= 0.6 is 34.8 Å². The fourth-order valence-corrected chi connectivity index (χ4v) is 9.32. The number of nitrogens with two attached hydrogens (primary N) is 4. The summed E-state index contributed by atoms with van der Waals surface area (Å²) in [5.41, 5.74) is 7.01. The van der Waals surface area contributed by atoms with Gasteiger partial charge >= 0.3 is 0 Å². The first-order chi connectivity index (χ1) is 36.1. The van der Waals surface area contributed by atoms with Gasteiger partial charge in [-0.2, -0.15) is 27.0 Å². The van der Waals surface area contributed by atoms with Gasteiger partial charge in [-0.15, -0.1) is 0 Å². The van der Waals surface area contributed by atoms with Crippen LogP contribution in [0.3, 0.4) is 0 Å². The van der Waals surface area contributed by atoms with Crippen molar-refractivity contribution in [3.8, 4) is 11.4 Å². The minimum absolute atomic E-state index is 0. The molecule has 2 saturated heterocycles. The normalized spacial score (nSPS) is 13.8. The Kier molecular flexibility index (Phi) is 24.5. The van der Waals surface area contributed by atoms with Crippen LogP contribution in [0.4, 0.5) is 11.5 Å². The number of carbonyl (C=O) groups is 1. The van der Waals surface area contributed by atoms with E-state index in [0.717, 1.165) is 78.1 Å². The van der Waals surface area contributed by atoms with Gasteiger partial charge in [-0.3, -0.25) is 10.6 Å². The van der Waals surface area contributed by atoms with Crippen molar-refractivity contribution in [2.75, 3.05) is 49.6 Å². The van der Waals surface area contributed by atoms with Gasteiger partial charge in [0.2, 0.25) is 0 Å². The van der Waals surface area contributed by atoms with Gasteiger partial charge in [0, 0.05) is 31.9 Å². The average molecular weight is 1160 g/mol. The molecule has 2 fully saturated rings. The van der Waals surface area contributed by atoms with Crippen molar-refractivity contribution in [2.45, 2.75) is 38.5 Å². The molecule has 3 aromatic carbocycles. The van der Waals surface area contributed by atoms with Crippen molar-refractivity contribution in [2.24, 2.45) is 28.0 Å². The molecular formula is C47H58Cl4N18O5S2. The second-order valence-corrected chi connectivity index (χ2v) is 20.6. The van der Waals surface area contributed by atoms with Crippen LogP contribution in [0.15, 0.2) is 122 Å². The van der Waals surface area contributed by atoms with Crippen molar-refractivity contribution in [3.05, 3.63) is 143 Å². The summed E-state index contributed by atoms with van der Waals surface area (Å²) in [4.78, 5) is 36.6. The first kappa shape index (κ1) is 60.8.